The molecule has 1 radical (unpaired) electrons. The maximum absolute atomic E-state index is 8.52. The predicted octanol–water partition coefficient (Wildman–Crippen LogP) is -2.99. The van der Waals surface area contributed by atoms with E-state index in [2.05, 4.69) is 0 Å². The summed E-state index contributed by atoms with van der Waals surface area (Å²) in [5.41, 5.74) is 0. The zero-order valence-electron chi connectivity index (χ0n) is 3.42. The van der Waals surface area contributed by atoms with Crippen molar-refractivity contribution in [2.45, 2.75) is 0 Å². The average molecular weight is 187 g/mol. The molecule has 8 heteroatoms. The van der Waals surface area contributed by atoms with Crippen molar-refractivity contribution in [3.8, 4) is 0 Å². The fourth-order valence-electron chi connectivity index (χ4n) is 0. The maximum atomic E-state index is 8.52. The molecule has 0 heterocycles. The van der Waals surface area contributed by atoms with Gasteiger partial charge in [0, 0.05) is 10.4 Å². The first kappa shape index (κ1) is 23.9. The van der Waals surface area contributed by atoms with Crippen molar-refractivity contribution in [2.75, 3.05) is 0 Å². The molecule has 53 valence electrons. The molecule has 0 fully saturated rings. The summed E-state index contributed by atoms with van der Waals surface area (Å²) in [6.07, 6.45) is 0. The fourth-order valence-corrected chi connectivity index (χ4v) is 0. The molecule has 0 aliphatic carbocycles. The number of hydrogen-bond donors (Lipinski definition) is 0. The molecule has 0 bridgehead atoms. The van der Waals surface area contributed by atoms with Gasteiger partial charge in [0.05, 0.1) is 0 Å². The first-order valence-electron chi connectivity index (χ1n) is 0.667. The molecule has 0 atom stereocenters. The van der Waals surface area contributed by atoms with Crippen molar-refractivity contribution >= 4 is 10.4 Å². The average Bonchev–Trinajstić information content (AvgIpc) is 0.722. The SMILES string of the molecule is O.O.O=S(=O)([O-])[O-].[Mn+2]. The van der Waals surface area contributed by atoms with Crippen LogP contribution in [0.5, 0.6) is 0 Å². The van der Waals surface area contributed by atoms with Gasteiger partial charge in [-0.15, -0.1) is 0 Å². The van der Waals surface area contributed by atoms with Gasteiger partial charge in [-0.05, 0) is 0 Å². The van der Waals surface area contributed by atoms with Crippen LogP contribution >= 0.6 is 0 Å². The summed E-state index contributed by atoms with van der Waals surface area (Å²) in [5, 5.41) is 0. The Bertz CT molecular complexity index is 91.7. The molecule has 0 aromatic heterocycles. The van der Waals surface area contributed by atoms with Crippen LogP contribution in [-0.4, -0.2) is 28.5 Å². The first-order chi connectivity index (χ1) is 2.00. The molecular weight excluding hydrogens is 183 g/mol. The summed E-state index contributed by atoms with van der Waals surface area (Å²) in [6, 6.07) is 0. The Morgan fingerprint density at radius 1 is 1.00 bits per heavy atom. The third-order valence-corrected chi connectivity index (χ3v) is 0. The fraction of sp³-hybridized carbons (Fsp3) is 0. The molecule has 8 heavy (non-hydrogen) atoms. The standard InChI is InChI=1S/Mn.H2O4S.2H2O/c;1-5(2,3)4;;/h;(H2,1,2,3,4);2*1H2/q+2;;;/p-2. The Balaban J connectivity index is -0.0000000267. The first-order valence-corrected chi connectivity index (χ1v) is 2.00. The quantitative estimate of drug-likeness (QED) is 0.226. The van der Waals surface area contributed by atoms with Crippen molar-refractivity contribution < 1.29 is 45.5 Å². The molecule has 0 rings (SSSR count). The smallest absolute Gasteiger partial charge is 0.759 e. The van der Waals surface area contributed by atoms with E-state index >= 15 is 0 Å². The van der Waals surface area contributed by atoms with Crippen molar-refractivity contribution in [1.82, 2.24) is 0 Å². The van der Waals surface area contributed by atoms with Crippen LogP contribution in [0, 0.1) is 0 Å². The van der Waals surface area contributed by atoms with Gasteiger partial charge in [-0.2, -0.15) is 0 Å². The Labute approximate surface area is 56.6 Å². The normalized spacial score (nSPS) is 7.25. The second-order valence-corrected chi connectivity index (χ2v) is 1.22. The van der Waals surface area contributed by atoms with Crippen molar-refractivity contribution in [3.63, 3.8) is 0 Å². The Morgan fingerprint density at radius 2 is 1.00 bits per heavy atom. The Hall–Kier alpha value is 0.309. The van der Waals surface area contributed by atoms with Crippen LogP contribution in [0.1, 0.15) is 0 Å². The van der Waals surface area contributed by atoms with Gasteiger partial charge in [-0.1, -0.05) is 0 Å². The van der Waals surface area contributed by atoms with Gasteiger partial charge in [-0.25, -0.2) is 0 Å². The van der Waals surface area contributed by atoms with Crippen LogP contribution in [-0.2, 0) is 27.5 Å². The minimum atomic E-state index is -5.17. The second kappa shape index (κ2) is 7.31. The van der Waals surface area contributed by atoms with E-state index in [1.165, 1.54) is 0 Å². The molecule has 4 N–H and O–H groups in total. The molecular formula is H4MnO6S. The summed E-state index contributed by atoms with van der Waals surface area (Å²) in [4.78, 5) is 0. The molecule has 6 nitrogen and oxygen atoms in total. The van der Waals surface area contributed by atoms with E-state index in [4.69, 9.17) is 17.5 Å². The van der Waals surface area contributed by atoms with Crippen LogP contribution in [0.15, 0.2) is 0 Å². The molecule has 0 unspecified atom stereocenters. The maximum Gasteiger partial charge on any atom is 2.00 e. The summed E-state index contributed by atoms with van der Waals surface area (Å²) >= 11 is 0. The topological polar surface area (TPSA) is 143 Å². The molecule has 0 amide bonds. The summed E-state index contributed by atoms with van der Waals surface area (Å²) < 4.78 is 34.1. The van der Waals surface area contributed by atoms with Crippen LogP contribution < -0.4 is 0 Å². The van der Waals surface area contributed by atoms with Crippen LogP contribution in [0.4, 0.5) is 0 Å². The Morgan fingerprint density at radius 3 is 1.00 bits per heavy atom. The van der Waals surface area contributed by atoms with E-state index in [-0.39, 0.29) is 28.0 Å². The third-order valence-electron chi connectivity index (χ3n) is 0. The second-order valence-electron chi connectivity index (χ2n) is 0.408. The summed E-state index contributed by atoms with van der Waals surface area (Å²) in [6.45, 7) is 0. The largest absolute Gasteiger partial charge is 2.00 e. The van der Waals surface area contributed by atoms with Crippen molar-refractivity contribution in [3.05, 3.63) is 0 Å². The van der Waals surface area contributed by atoms with E-state index in [1.807, 2.05) is 0 Å². The van der Waals surface area contributed by atoms with Crippen molar-refractivity contribution in [2.24, 2.45) is 0 Å². The molecule has 0 saturated heterocycles. The number of hydrogen-bond acceptors (Lipinski definition) is 4. The van der Waals surface area contributed by atoms with E-state index < -0.39 is 10.4 Å². The number of rotatable bonds is 0. The van der Waals surface area contributed by atoms with Gasteiger partial charge >= 0.3 is 17.1 Å². The van der Waals surface area contributed by atoms with Crippen molar-refractivity contribution in [1.29, 1.82) is 0 Å². The van der Waals surface area contributed by atoms with Gasteiger partial charge < -0.3 is 20.1 Å². The van der Waals surface area contributed by atoms with E-state index in [1.54, 1.807) is 0 Å². The minimum absolute atomic E-state index is 0. The van der Waals surface area contributed by atoms with Gasteiger partial charge in [0.15, 0.2) is 0 Å². The van der Waals surface area contributed by atoms with E-state index in [0.717, 1.165) is 0 Å². The molecule has 0 aliphatic heterocycles. The zero-order valence-corrected chi connectivity index (χ0v) is 5.42. The monoisotopic (exact) mass is 187 g/mol. The van der Waals surface area contributed by atoms with Crippen LogP contribution in [0.25, 0.3) is 0 Å². The Kier molecular flexibility index (Phi) is 21.8. The predicted molar refractivity (Wildman–Crippen MR) is 17.7 cm³/mol. The van der Waals surface area contributed by atoms with Crippen LogP contribution in [0.2, 0.25) is 0 Å². The molecule has 0 saturated carbocycles. The van der Waals surface area contributed by atoms with Crippen LogP contribution in [0.3, 0.4) is 0 Å². The summed E-state index contributed by atoms with van der Waals surface area (Å²) in [7, 11) is -5.17. The van der Waals surface area contributed by atoms with E-state index in [0.29, 0.717) is 0 Å². The van der Waals surface area contributed by atoms with Gasteiger partial charge in [0.1, 0.15) is 0 Å². The zero-order chi connectivity index (χ0) is 4.50. The molecule has 0 aliphatic rings. The van der Waals surface area contributed by atoms with Gasteiger partial charge in [-0.3, -0.25) is 8.42 Å². The molecule has 0 aromatic carbocycles. The molecule has 0 aromatic rings. The minimum Gasteiger partial charge on any atom is -0.759 e. The third kappa shape index (κ3) is 1860. The van der Waals surface area contributed by atoms with Gasteiger partial charge in [0.25, 0.3) is 0 Å². The summed E-state index contributed by atoms with van der Waals surface area (Å²) in [5.74, 6) is 0. The molecule has 0 spiro atoms. The van der Waals surface area contributed by atoms with E-state index in [9.17, 15) is 0 Å². The van der Waals surface area contributed by atoms with Gasteiger partial charge in [0.2, 0.25) is 0 Å².